The van der Waals surface area contributed by atoms with Gasteiger partial charge in [0.15, 0.2) is 0 Å². The molecule has 0 saturated carbocycles. The summed E-state index contributed by atoms with van der Waals surface area (Å²) in [5.74, 6) is -5.97. The van der Waals surface area contributed by atoms with Gasteiger partial charge in [0, 0.05) is 17.3 Å². The molecule has 0 rings (SSSR count). The van der Waals surface area contributed by atoms with Crippen molar-refractivity contribution in [3.8, 4) is 0 Å². The molecule has 9 N–H and O–H groups in total. The molecule has 18 heteroatoms. The number of rotatable bonds is 18. The molecule has 0 fully saturated rings. The Hall–Kier alpha value is -2.70. The summed E-state index contributed by atoms with van der Waals surface area (Å²) >= 11 is 11.9. The van der Waals surface area contributed by atoms with Crippen LogP contribution in [0, 0.1) is 5.92 Å². The minimum absolute atomic E-state index is 0.0757. The van der Waals surface area contributed by atoms with Gasteiger partial charge < -0.3 is 42.7 Å². The van der Waals surface area contributed by atoms with Crippen LogP contribution in [0.25, 0.3) is 0 Å². The van der Waals surface area contributed by atoms with E-state index < -0.39 is 84.2 Å². The van der Waals surface area contributed by atoms with Crippen LogP contribution in [0.4, 0.5) is 0 Å². The lowest BCUT2D eigenvalue weighted by Crippen LogP contribution is -2.59. The molecule has 0 radical (unpaired) electrons. The van der Waals surface area contributed by atoms with Gasteiger partial charge >= 0.3 is 5.97 Å². The zero-order chi connectivity index (χ0) is 31.9. The summed E-state index contributed by atoms with van der Waals surface area (Å²) in [5.41, 5.74) is 5.67. The normalized spacial score (nSPS) is 15.9. The molecule has 41 heavy (non-hydrogen) atoms. The minimum atomic E-state index is -1.29. The lowest BCUT2D eigenvalue weighted by Gasteiger charge is -2.26. The Bertz CT molecular complexity index is 958. The number of amides is 6. The maximum atomic E-state index is 12.9. The van der Waals surface area contributed by atoms with E-state index >= 15 is 0 Å². The van der Waals surface area contributed by atoms with Crippen LogP contribution >= 0.6 is 37.9 Å². The van der Waals surface area contributed by atoms with E-state index in [0.29, 0.717) is 6.42 Å². The molecule has 6 amide bonds. The maximum absolute atomic E-state index is 12.9. The summed E-state index contributed by atoms with van der Waals surface area (Å²) < 4.78 is 0. The quantitative estimate of drug-likeness (QED) is 0.0677. The molecular weight excluding hydrogens is 598 g/mol. The molecular formula is C23H41N7O8S3. The number of thiol groups is 3. The first kappa shape index (κ1) is 38.3. The van der Waals surface area contributed by atoms with Gasteiger partial charge in [-0.05, 0) is 19.8 Å². The van der Waals surface area contributed by atoms with Crippen LogP contribution in [0.15, 0.2) is 0 Å². The third kappa shape index (κ3) is 13.7. The van der Waals surface area contributed by atoms with E-state index in [2.05, 4.69) is 69.8 Å². The molecule has 0 unspecified atom stereocenters. The number of carboxylic acids is 1. The Morgan fingerprint density at radius 3 is 1.66 bits per heavy atom. The van der Waals surface area contributed by atoms with Crippen molar-refractivity contribution in [3.05, 3.63) is 0 Å². The Labute approximate surface area is 255 Å². The summed E-state index contributed by atoms with van der Waals surface area (Å²) in [7, 11) is 0. The van der Waals surface area contributed by atoms with Crippen molar-refractivity contribution in [2.24, 2.45) is 11.7 Å². The van der Waals surface area contributed by atoms with Crippen molar-refractivity contribution in [2.75, 3.05) is 23.8 Å². The van der Waals surface area contributed by atoms with Gasteiger partial charge in [-0.1, -0.05) is 20.3 Å². The van der Waals surface area contributed by atoms with Crippen molar-refractivity contribution in [3.63, 3.8) is 0 Å². The fourth-order valence-corrected chi connectivity index (χ4v) is 3.71. The zero-order valence-corrected chi connectivity index (χ0v) is 26.0. The number of aliphatic carboxylic acids is 1. The summed E-state index contributed by atoms with van der Waals surface area (Å²) in [5, 5.41) is 23.3. The van der Waals surface area contributed by atoms with Gasteiger partial charge in [0.2, 0.25) is 35.4 Å². The van der Waals surface area contributed by atoms with E-state index in [0.717, 1.165) is 0 Å². The van der Waals surface area contributed by atoms with Gasteiger partial charge in [0.1, 0.15) is 30.2 Å². The van der Waals surface area contributed by atoms with E-state index in [1.807, 2.05) is 6.92 Å². The Kier molecular flexibility index (Phi) is 18.1. The molecule has 0 heterocycles. The highest BCUT2D eigenvalue weighted by Crippen LogP contribution is 2.09. The average Bonchev–Trinajstić information content (AvgIpc) is 2.94. The highest BCUT2D eigenvalue weighted by atomic mass is 32.1. The van der Waals surface area contributed by atoms with Gasteiger partial charge in [0.05, 0.1) is 12.6 Å². The van der Waals surface area contributed by atoms with Crippen LogP contribution in [0.3, 0.4) is 0 Å². The number of nitrogens with two attached hydrogens (primary N) is 1. The second kappa shape index (κ2) is 19.4. The second-order valence-corrected chi connectivity index (χ2v) is 10.3. The van der Waals surface area contributed by atoms with Crippen LogP contribution in [0.2, 0.25) is 0 Å². The van der Waals surface area contributed by atoms with E-state index in [1.54, 1.807) is 6.92 Å². The molecule has 0 aromatic heterocycles. The molecule has 0 bridgehead atoms. The molecule has 0 aromatic rings. The third-order valence-electron chi connectivity index (χ3n) is 5.89. The SMILES string of the molecule is CC[C@H](C)[C@H](NC(=O)[C@@H](N)CS)C(=O)N[C@@H](C)C(=O)N[C@@H](CS)C(=O)NCC(=O)N[C@@H](C)C(=O)N[C@@H](CS)C(=O)O. The average molecular weight is 640 g/mol. The van der Waals surface area contributed by atoms with Crippen LogP contribution in [-0.4, -0.2) is 107 Å². The van der Waals surface area contributed by atoms with Crippen molar-refractivity contribution in [1.82, 2.24) is 31.9 Å². The lowest BCUT2D eigenvalue weighted by atomic mass is 9.97. The molecule has 0 saturated heterocycles. The fraction of sp³-hybridized carbons (Fsp3) is 0.696. The number of carboxylic acid groups (broad SMARTS) is 1. The van der Waals surface area contributed by atoms with Crippen molar-refractivity contribution < 1.29 is 38.7 Å². The second-order valence-electron chi connectivity index (χ2n) is 9.22. The Morgan fingerprint density at radius 2 is 1.20 bits per heavy atom. The van der Waals surface area contributed by atoms with Crippen LogP contribution in [-0.2, 0) is 33.6 Å². The summed E-state index contributed by atoms with van der Waals surface area (Å²) in [6.07, 6.45) is 0.548. The van der Waals surface area contributed by atoms with Crippen LogP contribution in [0.1, 0.15) is 34.1 Å². The van der Waals surface area contributed by atoms with E-state index in [4.69, 9.17) is 10.8 Å². The number of carbonyl (C=O) groups excluding carboxylic acids is 6. The smallest absolute Gasteiger partial charge is 0.327 e. The molecule has 0 aliphatic rings. The first-order chi connectivity index (χ1) is 19.1. The standard InChI is InChI=1S/C23H41N7O8S3/c1-5-10(2)17(30-20(34)13(24)7-39)22(36)27-12(4)19(33)28-14(8-40)21(35)25-6-16(31)26-11(3)18(32)29-15(9-41)23(37)38/h10-15,17,39-41H,5-9,24H2,1-4H3,(H,25,35)(H,26,31)(H,27,36)(H,28,33)(H,29,32)(H,30,34)(H,37,38)/t10-,11-,12-,13-,14-,15-,17-/m0/s1. The Balaban J connectivity index is 4.99. The molecule has 0 aliphatic heterocycles. The summed E-state index contributed by atoms with van der Waals surface area (Å²) in [6.45, 7) is 5.74. The van der Waals surface area contributed by atoms with Crippen LogP contribution in [0.5, 0.6) is 0 Å². The maximum Gasteiger partial charge on any atom is 0.327 e. The lowest BCUT2D eigenvalue weighted by molar-refractivity contribution is -0.141. The zero-order valence-electron chi connectivity index (χ0n) is 23.3. The Morgan fingerprint density at radius 1 is 0.683 bits per heavy atom. The molecule has 0 spiro atoms. The van der Waals surface area contributed by atoms with Crippen LogP contribution < -0.4 is 37.6 Å². The third-order valence-corrected chi connectivity index (χ3v) is 7.01. The molecule has 0 aliphatic carbocycles. The van der Waals surface area contributed by atoms with Gasteiger partial charge in [-0.25, -0.2) is 4.79 Å². The van der Waals surface area contributed by atoms with E-state index in [1.165, 1.54) is 13.8 Å². The van der Waals surface area contributed by atoms with E-state index in [-0.39, 0.29) is 23.2 Å². The monoisotopic (exact) mass is 639 g/mol. The van der Waals surface area contributed by atoms with Gasteiger partial charge in [-0.2, -0.15) is 37.9 Å². The molecule has 234 valence electrons. The van der Waals surface area contributed by atoms with Gasteiger partial charge in [-0.3, -0.25) is 28.8 Å². The predicted octanol–water partition coefficient (Wildman–Crippen LogP) is -3.19. The topological polar surface area (TPSA) is 238 Å². The van der Waals surface area contributed by atoms with Crippen molar-refractivity contribution in [1.29, 1.82) is 0 Å². The largest absolute Gasteiger partial charge is 0.480 e. The minimum Gasteiger partial charge on any atom is -0.480 e. The number of hydrogen-bond acceptors (Lipinski definition) is 11. The number of nitrogens with one attached hydrogen (secondary N) is 6. The number of hydrogen-bond donors (Lipinski definition) is 11. The van der Waals surface area contributed by atoms with E-state index in [9.17, 15) is 33.6 Å². The first-order valence-corrected chi connectivity index (χ1v) is 14.6. The van der Waals surface area contributed by atoms with Gasteiger partial charge in [0.25, 0.3) is 0 Å². The first-order valence-electron chi connectivity index (χ1n) is 12.7. The molecule has 7 atom stereocenters. The van der Waals surface area contributed by atoms with Crippen molar-refractivity contribution in [2.45, 2.75) is 70.4 Å². The summed E-state index contributed by atoms with van der Waals surface area (Å²) in [4.78, 5) is 85.5. The predicted molar refractivity (Wildman–Crippen MR) is 161 cm³/mol. The van der Waals surface area contributed by atoms with Crippen molar-refractivity contribution >= 4 is 79.3 Å². The van der Waals surface area contributed by atoms with Gasteiger partial charge in [-0.15, -0.1) is 0 Å². The fourth-order valence-electron chi connectivity index (χ4n) is 3.04. The summed E-state index contributed by atoms with van der Waals surface area (Å²) in [6, 6.07) is -6.51. The molecule has 15 nitrogen and oxygen atoms in total. The highest BCUT2D eigenvalue weighted by molar-refractivity contribution is 7.80. The molecule has 0 aromatic carbocycles. The number of carbonyl (C=O) groups is 7. The highest BCUT2D eigenvalue weighted by Gasteiger charge is 2.31.